The molecule has 7 heteroatoms. The maximum absolute atomic E-state index is 11.5. The third-order valence-electron chi connectivity index (χ3n) is 2.64. The first-order valence-corrected chi connectivity index (χ1v) is 5.58. The van der Waals surface area contributed by atoms with Crippen molar-refractivity contribution in [2.45, 2.75) is 19.9 Å². The number of methoxy groups -OCH3 is 1. The number of aromatic nitrogens is 4. The lowest BCUT2D eigenvalue weighted by Crippen LogP contribution is -2.10. The number of nitrogen functional groups attached to an aromatic ring is 1. The van der Waals surface area contributed by atoms with Gasteiger partial charge >= 0.3 is 5.97 Å². The van der Waals surface area contributed by atoms with Gasteiger partial charge in [0, 0.05) is 18.8 Å². The molecular formula is C11H15N5O2. The zero-order valence-corrected chi connectivity index (χ0v) is 10.3. The highest BCUT2D eigenvalue weighted by molar-refractivity contribution is 5.92. The summed E-state index contributed by atoms with van der Waals surface area (Å²) in [6, 6.07) is 0. The number of ether oxygens (including phenoxy) is 1. The third-order valence-corrected chi connectivity index (χ3v) is 2.64. The van der Waals surface area contributed by atoms with Crippen molar-refractivity contribution in [1.29, 1.82) is 0 Å². The molecule has 0 saturated carbocycles. The van der Waals surface area contributed by atoms with Crippen LogP contribution in [0.3, 0.4) is 0 Å². The summed E-state index contributed by atoms with van der Waals surface area (Å²) in [6.07, 6.45) is 4.06. The summed E-state index contributed by atoms with van der Waals surface area (Å²) in [4.78, 5) is 22.8. The second kappa shape index (κ2) is 4.91. The van der Waals surface area contributed by atoms with Crippen molar-refractivity contribution in [2.75, 3.05) is 12.8 Å². The van der Waals surface area contributed by atoms with E-state index in [0.29, 0.717) is 18.8 Å². The van der Waals surface area contributed by atoms with Gasteiger partial charge in [-0.2, -0.15) is 0 Å². The SMILES string of the molecule is CCc1nc(C(=O)OC)c(N)n1Cc1ncc[nH]1. The van der Waals surface area contributed by atoms with E-state index in [-0.39, 0.29) is 5.69 Å². The van der Waals surface area contributed by atoms with E-state index in [1.807, 2.05) is 6.92 Å². The zero-order chi connectivity index (χ0) is 13.1. The van der Waals surface area contributed by atoms with Crippen LogP contribution in [0.5, 0.6) is 0 Å². The molecule has 0 aliphatic heterocycles. The number of nitrogens with one attached hydrogen (secondary N) is 1. The first-order valence-electron chi connectivity index (χ1n) is 5.58. The lowest BCUT2D eigenvalue weighted by atomic mass is 10.4. The summed E-state index contributed by atoms with van der Waals surface area (Å²) in [6.45, 7) is 2.40. The van der Waals surface area contributed by atoms with Gasteiger partial charge < -0.3 is 20.0 Å². The van der Waals surface area contributed by atoms with Gasteiger partial charge in [-0.15, -0.1) is 0 Å². The van der Waals surface area contributed by atoms with E-state index in [9.17, 15) is 4.79 Å². The molecule has 2 aromatic heterocycles. The Hall–Kier alpha value is -2.31. The van der Waals surface area contributed by atoms with Crippen LogP contribution in [0.2, 0.25) is 0 Å². The first-order chi connectivity index (χ1) is 8.67. The average Bonchev–Trinajstić information content (AvgIpc) is 2.99. The van der Waals surface area contributed by atoms with Gasteiger partial charge in [0.2, 0.25) is 0 Å². The van der Waals surface area contributed by atoms with Crippen LogP contribution in [0, 0.1) is 0 Å². The fourth-order valence-corrected chi connectivity index (χ4v) is 1.74. The summed E-state index contributed by atoms with van der Waals surface area (Å²) in [5, 5.41) is 0. The third kappa shape index (κ3) is 2.06. The number of carbonyl (C=O) groups is 1. The molecule has 96 valence electrons. The fraction of sp³-hybridized carbons (Fsp3) is 0.364. The smallest absolute Gasteiger partial charge is 0.360 e. The van der Waals surface area contributed by atoms with Crippen LogP contribution >= 0.6 is 0 Å². The normalized spacial score (nSPS) is 10.6. The molecule has 2 heterocycles. The van der Waals surface area contributed by atoms with Crippen LogP contribution in [0.15, 0.2) is 12.4 Å². The van der Waals surface area contributed by atoms with Gasteiger partial charge in [-0.05, 0) is 0 Å². The second-order valence-corrected chi connectivity index (χ2v) is 3.73. The first kappa shape index (κ1) is 12.2. The summed E-state index contributed by atoms with van der Waals surface area (Å²) in [7, 11) is 1.30. The zero-order valence-electron chi connectivity index (χ0n) is 10.3. The molecule has 0 aromatic carbocycles. The number of H-pyrrole nitrogens is 1. The Bertz CT molecular complexity index is 544. The Morgan fingerprint density at radius 2 is 2.39 bits per heavy atom. The van der Waals surface area contributed by atoms with E-state index in [0.717, 1.165) is 11.6 Å². The number of hydrogen-bond donors (Lipinski definition) is 2. The molecule has 0 bridgehead atoms. The van der Waals surface area contributed by atoms with Crippen molar-refractivity contribution in [3.63, 3.8) is 0 Å². The highest BCUT2D eigenvalue weighted by atomic mass is 16.5. The van der Waals surface area contributed by atoms with Crippen LogP contribution in [0.4, 0.5) is 5.82 Å². The molecule has 0 amide bonds. The summed E-state index contributed by atoms with van der Waals surface area (Å²) in [5.41, 5.74) is 6.08. The van der Waals surface area contributed by atoms with Gasteiger partial charge in [-0.3, -0.25) is 0 Å². The van der Waals surface area contributed by atoms with Crippen LogP contribution < -0.4 is 5.73 Å². The molecule has 7 nitrogen and oxygen atoms in total. The average molecular weight is 249 g/mol. The number of nitrogens with zero attached hydrogens (tertiary/aromatic N) is 3. The quantitative estimate of drug-likeness (QED) is 0.772. The Morgan fingerprint density at radius 1 is 1.61 bits per heavy atom. The number of imidazole rings is 2. The molecule has 3 N–H and O–H groups in total. The Labute approximate surface area is 104 Å². The maximum Gasteiger partial charge on any atom is 0.360 e. The summed E-state index contributed by atoms with van der Waals surface area (Å²) in [5.74, 6) is 1.25. The van der Waals surface area contributed by atoms with Gasteiger partial charge in [0.1, 0.15) is 17.5 Å². The van der Waals surface area contributed by atoms with E-state index in [1.54, 1.807) is 17.0 Å². The molecule has 2 aromatic rings. The molecule has 2 rings (SSSR count). The summed E-state index contributed by atoms with van der Waals surface area (Å²) < 4.78 is 6.40. The molecule has 0 atom stereocenters. The Kier molecular flexibility index (Phi) is 3.31. The number of anilines is 1. The van der Waals surface area contributed by atoms with Crippen molar-refractivity contribution < 1.29 is 9.53 Å². The highest BCUT2D eigenvalue weighted by Gasteiger charge is 2.20. The predicted molar refractivity (Wildman–Crippen MR) is 65.0 cm³/mol. The number of esters is 1. The van der Waals surface area contributed by atoms with Gasteiger partial charge in [0.25, 0.3) is 0 Å². The highest BCUT2D eigenvalue weighted by Crippen LogP contribution is 2.17. The number of carbonyl (C=O) groups excluding carboxylic acids is 1. The number of rotatable bonds is 4. The molecule has 0 aliphatic carbocycles. The van der Waals surface area contributed by atoms with Crippen molar-refractivity contribution in [1.82, 2.24) is 19.5 Å². The van der Waals surface area contributed by atoms with E-state index < -0.39 is 5.97 Å². The lowest BCUT2D eigenvalue weighted by molar-refractivity contribution is 0.0595. The molecule has 0 saturated heterocycles. The molecule has 18 heavy (non-hydrogen) atoms. The van der Waals surface area contributed by atoms with E-state index in [4.69, 9.17) is 5.73 Å². The Morgan fingerprint density at radius 3 is 2.94 bits per heavy atom. The van der Waals surface area contributed by atoms with Crippen molar-refractivity contribution in [2.24, 2.45) is 0 Å². The van der Waals surface area contributed by atoms with Crippen LogP contribution in [-0.2, 0) is 17.7 Å². The predicted octanol–water partition coefficient (Wildman–Crippen LogP) is 0.586. The minimum absolute atomic E-state index is 0.154. The van der Waals surface area contributed by atoms with E-state index in [2.05, 4.69) is 19.7 Å². The van der Waals surface area contributed by atoms with Crippen molar-refractivity contribution in [3.8, 4) is 0 Å². The van der Waals surface area contributed by atoms with Crippen molar-refractivity contribution >= 4 is 11.8 Å². The van der Waals surface area contributed by atoms with Gasteiger partial charge in [0.05, 0.1) is 13.7 Å². The number of aryl methyl sites for hydroxylation is 1. The van der Waals surface area contributed by atoms with Crippen molar-refractivity contribution in [3.05, 3.63) is 29.7 Å². The minimum atomic E-state index is -0.527. The fourth-order valence-electron chi connectivity index (χ4n) is 1.74. The number of nitrogens with two attached hydrogens (primary N) is 1. The minimum Gasteiger partial charge on any atom is -0.464 e. The van der Waals surface area contributed by atoms with E-state index >= 15 is 0 Å². The monoisotopic (exact) mass is 249 g/mol. The van der Waals surface area contributed by atoms with Crippen LogP contribution in [-0.4, -0.2) is 32.6 Å². The number of aromatic amines is 1. The van der Waals surface area contributed by atoms with Gasteiger partial charge in [0.15, 0.2) is 5.69 Å². The molecular weight excluding hydrogens is 234 g/mol. The summed E-state index contributed by atoms with van der Waals surface area (Å²) >= 11 is 0. The molecule has 0 fully saturated rings. The standard InChI is InChI=1S/C11H15N5O2/c1-3-8-15-9(11(17)18-2)10(12)16(8)6-7-13-4-5-14-7/h4-5H,3,6,12H2,1-2H3,(H,13,14). The largest absolute Gasteiger partial charge is 0.464 e. The molecule has 0 unspecified atom stereocenters. The van der Waals surface area contributed by atoms with E-state index in [1.165, 1.54) is 7.11 Å². The second-order valence-electron chi connectivity index (χ2n) is 3.73. The van der Waals surface area contributed by atoms with Crippen LogP contribution in [0.25, 0.3) is 0 Å². The molecule has 0 radical (unpaired) electrons. The van der Waals surface area contributed by atoms with Gasteiger partial charge in [-0.1, -0.05) is 6.92 Å². The maximum atomic E-state index is 11.5. The molecule has 0 spiro atoms. The number of hydrogen-bond acceptors (Lipinski definition) is 5. The van der Waals surface area contributed by atoms with Gasteiger partial charge in [-0.25, -0.2) is 14.8 Å². The lowest BCUT2D eigenvalue weighted by Gasteiger charge is -2.06. The topological polar surface area (TPSA) is 98.8 Å². The van der Waals surface area contributed by atoms with Crippen LogP contribution in [0.1, 0.15) is 29.1 Å². The molecule has 0 aliphatic rings. The Balaban J connectivity index is 2.39.